The molecule has 0 amide bonds. The predicted octanol–water partition coefficient (Wildman–Crippen LogP) is 2.84. The average molecular weight is 359 g/mol. The molecule has 0 aliphatic carbocycles. The molecule has 3 N–H and O–H groups in total. The molecule has 0 unspecified atom stereocenters. The maximum atomic E-state index is 5.86. The number of hydrazine groups is 2. The van der Waals surface area contributed by atoms with Crippen molar-refractivity contribution < 1.29 is 4.42 Å². The Morgan fingerprint density at radius 2 is 2.12 bits per heavy atom. The Balaban J connectivity index is 1.31. The second-order valence-electron chi connectivity index (χ2n) is 6.61. The first kappa shape index (κ1) is 15.1. The summed E-state index contributed by atoms with van der Waals surface area (Å²) in [6.07, 6.45) is 5.95. The van der Waals surface area contributed by atoms with Crippen LogP contribution in [0.4, 0.5) is 5.82 Å². The summed E-state index contributed by atoms with van der Waals surface area (Å²) in [4.78, 5) is 10.0. The molecule has 5 heterocycles. The number of nitrogens with one attached hydrogen (secondary N) is 3. The summed E-state index contributed by atoms with van der Waals surface area (Å²) < 4.78 is 5.48. The van der Waals surface area contributed by atoms with Crippen LogP contribution >= 0.6 is 11.6 Å². The molecule has 3 aliphatic heterocycles. The van der Waals surface area contributed by atoms with E-state index in [1.54, 1.807) is 6.07 Å². The van der Waals surface area contributed by atoms with Gasteiger partial charge >= 0.3 is 0 Å². The molecule has 0 spiro atoms. The third-order valence-corrected chi connectivity index (χ3v) is 5.30. The zero-order chi connectivity index (χ0) is 16.8. The van der Waals surface area contributed by atoms with Crippen LogP contribution in [-0.4, -0.2) is 34.3 Å². The fraction of sp³-hybridized carbons (Fsp3) is 0.353. The normalized spacial score (nSPS) is 20.8. The lowest BCUT2D eigenvalue weighted by Crippen LogP contribution is -2.39. The molecular weight excluding hydrogens is 340 g/mol. The molecule has 0 saturated carbocycles. The van der Waals surface area contributed by atoms with Crippen LogP contribution in [-0.2, 0) is 6.54 Å². The highest BCUT2D eigenvalue weighted by Crippen LogP contribution is 2.38. The molecule has 7 nitrogen and oxygen atoms in total. The van der Waals surface area contributed by atoms with Gasteiger partial charge in [0.2, 0.25) is 0 Å². The number of likely N-dealkylation sites (tertiary alicyclic amines) is 1. The van der Waals surface area contributed by atoms with Crippen molar-refractivity contribution in [2.75, 3.05) is 13.1 Å². The van der Waals surface area contributed by atoms with Crippen LogP contribution in [0.5, 0.6) is 0 Å². The SMILES string of the molecule is Clc1ccc(CN2CCC(C3=C4c5cc[nH]c5N=CN4NN3)CC2)o1. The van der Waals surface area contributed by atoms with Crippen LogP contribution < -0.4 is 11.0 Å². The highest BCUT2D eigenvalue weighted by atomic mass is 35.5. The fourth-order valence-corrected chi connectivity index (χ4v) is 4.00. The number of furan rings is 1. The van der Waals surface area contributed by atoms with Crippen molar-refractivity contribution >= 4 is 29.5 Å². The zero-order valence-corrected chi connectivity index (χ0v) is 14.4. The molecule has 25 heavy (non-hydrogen) atoms. The summed E-state index contributed by atoms with van der Waals surface area (Å²) in [6.45, 7) is 2.89. The summed E-state index contributed by atoms with van der Waals surface area (Å²) >= 11 is 5.86. The molecular formula is C17H19ClN6O. The van der Waals surface area contributed by atoms with Gasteiger partial charge in [0.25, 0.3) is 0 Å². The van der Waals surface area contributed by atoms with Crippen LogP contribution in [0, 0.1) is 5.92 Å². The molecule has 8 heteroatoms. The Kier molecular flexibility index (Phi) is 3.58. The van der Waals surface area contributed by atoms with E-state index in [1.165, 1.54) is 11.4 Å². The topological polar surface area (TPSA) is 71.8 Å². The van der Waals surface area contributed by atoms with Crippen LogP contribution in [0.1, 0.15) is 24.2 Å². The van der Waals surface area contributed by atoms with E-state index in [1.807, 2.05) is 23.6 Å². The summed E-state index contributed by atoms with van der Waals surface area (Å²) in [6, 6.07) is 5.84. The molecule has 0 atom stereocenters. The zero-order valence-electron chi connectivity index (χ0n) is 13.6. The number of piperidine rings is 1. The largest absolute Gasteiger partial charge is 0.448 e. The van der Waals surface area contributed by atoms with Gasteiger partial charge in [0.05, 0.1) is 17.9 Å². The summed E-state index contributed by atoms with van der Waals surface area (Å²) in [5, 5.41) is 2.42. The molecule has 2 aromatic heterocycles. The van der Waals surface area contributed by atoms with E-state index in [0.29, 0.717) is 11.1 Å². The van der Waals surface area contributed by atoms with Gasteiger partial charge in [-0.15, -0.1) is 5.53 Å². The molecule has 1 fully saturated rings. The molecule has 130 valence electrons. The van der Waals surface area contributed by atoms with Crippen molar-refractivity contribution in [1.29, 1.82) is 0 Å². The van der Waals surface area contributed by atoms with Crippen molar-refractivity contribution in [2.24, 2.45) is 10.9 Å². The minimum atomic E-state index is 0.458. The van der Waals surface area contributed by atoms with Gasteiger partial charge in [0.1, 0.15) is 17.9 Å². The van der Waals surface area contributed by atoms with Gasteiger partial charge in [-0.05, 0) is 55.7 Å². The van der Waals surface area contributed by atoms with E-state index in [9.17, 15) is 0 Å². The number of rotatable bonds is 3. The minimum absolute atomic E-state index is 0.458. The highest BCUT2D eigenvalue weighted by Gasteiger charge is 2.33. The number of H-pyrrole nitrogens is 1. The number of halogens is 1. The monoisotopic (exact) mass is 358 g/mol. The number of allylic oxidation sites excluding steroid dienone is 1. The third kappa shape index (κ3) is 2.64. The first-order valence-corrected chi connectivity index (χ1v) is 8.89. The lowest BCUT2D eigenvalue weighted by molar-refractivity contribution is 0.176. The van der Waals surface area contributed by atoms with Crippen LogP contribution in [0.2, 0.25) is 5.22 Å². The Morgan fingerprint density at radius 3 is 2.92 bits per heavy atom. The van der Waals surface area contributed by atoms with E-state index in [2.05, 4.69) is 31.9 Å². The predicted molar refractivity (Wildman–Crippen MR) is 95.7 cm³/mol. The third-order valence-electron chi connectivity index (χ3n) is 5.09. The van der Waals surface area contributed by atoms with Crippen LogP contribution in [0.25, 0.3) is 5.70 Å². The van der Waals surface area contributed by atoms with Crippen molar-refractivity contribution in [3.63, 3.8) is 0 Å². The summed E-state index contributed by atoms with van der Waals surface area (Å²) in [7, 11) is 0. The van der Waals surface area contributed by atoms with E-state index in [0.717, 1.165) is 49.6 Å². The standard InChI is InChI=1S/C17H19ClN6O/c18-14-2-1-12(25-14)9-23-7-4-11(5-8-23)15-16-13-3-6-19-17(13)20-10-24(16)22-21-15/h1-3,6,10-11,19,21-22H,4-5,7-9H2. The molecule has 1 saturated heterocycles. The molecule has 5 rings (SSSR count). The lowest BCUT2D eigenvalue weighted by atomic mass is 9.91. The number of fused-ring (bicyclic) bond motifs is 3. The highest BCUT2D eigenvalue weighted by molar-refractivity contribution is 6.28. The Hall–Kier alpha value is -2.22. The maximum Gasteiger partial charge on any atom is 0.193 e. The molecule has 2 aromatic rings. The van der Waals surface area contributed by atoms with Gasteiger partial charge < -0.3 is 14.8 Å². The number of aromatic nitrogens is 1. The number of aliphatic imine (C=N–C) groups is 1. The van der Waals surface area contributed by atoms with Crippen molar-refractivity contribution in [3.8, 4) is 0 Å². The number of hydrogen-bond acceptors (Lipinski definition) is 6. The number of nitrogens with zero attached hydrogens (tertiary/aromatic N) is 3. The first-order chi connectivity index (χ1) is 12.3. The summed E-state index contributed by atoms with van der Waals surface area (Å²) in [5.74, 6) is 2.34. The van der Waals surface area contributed by atoms with Gasteiger partial charge in [0, 0.05) is 17.7 Å². The molecule has 0 bridgehead atoms. The Morgan fingerprint density at radius 1 is 1.24 bits per heavy atom. The number of aromatic amines is 1. The van der Waals surface area contributed by atoms with Crippen LogP contribution in [0.15, 0.2) is 39.5 Å². The second-order valence-corrected chi connectivity index (χ2v) is 6.98. The number of hydrogen-bond donors (Lipinski definition) is 3. The van der Waals surface area contributed by atoms with E-state index in [4.69, 9.17) is 16.0 Å². The Bertz CT molecular complexity index is 845. The molecule has 3 aliphatic rings. The fourth-order valence-electron chi connectivity index (χ4n) is 3.83. The maximum absolute atomic E-state index is 5.86. The second kappa shape index (κ2) is 5.94. The molecule has 0 aromatic carbocycles. The van der Waals surface area contributed by atoms with Gasteiger partial charge in [-0.25, -0.2) is 10.0 Å². The van der Waals surface area contributed by atoms with Crippen LogP contribution in [0.3, 0.4) is 0 Å². The Labute approximate surface area is 150 Å². The van der Waals surface area contributed by atoms with E-state index >= 15 is 0 Å². The summed E-state index contributed by atoms with van der Waals surface area (Å²) in [5.41, 5.74) is 10.1. The van der Waals surface area contributed by atoms with E-state index < -0.39 is 0 Å². The quantitative estimate of drug-likeness (QED) is 0.787. The smallest absolute Gasteiger partial charge is 0.193 e. The van der Waals surface area contributed by atoms with Gasteiger partial charge in [-0.1, -0.05) is 0 Å². The minimum Gasteiger partial charge on any atom is -0.448 e. The van der Waals surface area contributed by atoms with Gasteiger partial charge in [-0.2, -0.15) is 0 Å². The molecule has 0 radical (unpaired) electrons. The van der Waals surface area contributed by atoms with Crippen molar-refractivity contribution in [2.45, 2.75) is 19.4 Å². The van der Waals surface area contributed by atoms with Gasteiger partial charge in [0.15, 0.2) is 5.22 Å². The van der Waals surface area contributed by atoms with Gasteiger partial charge in [-0.3, -0.25) is 4.90 Å². The first-order valence-electron chi connectivity index (χ1n) is 8.51. The van der Waals surface area contributed by atoms with Crippen molar-refractivity contribution in [3.05, 3.63) is 46.6 Å². The van der Waals surface area contributed by atoms with E-state index in [-0.39, 0.29) is 0 Å². The van der Waals surface area contributed by atoms with Crippen molar-refractivity contribution in [1.82, 2.24) is 25.9 Å². The lowest BCUT2D eigenvalue weighted by Gasteiger charge is -2.32. The average Bonchev–Trinajstić information content (AvgIpc) is 3.34.